The number of carboxylic acids is 1. The minimum absolute atomic E-state index is 0.303. The Morgan fingerprint density at radius 1 is 1.35 bits per heavy atom. The van der Waals surface area contributed by atoms with E-state index in [9.17, 15) is 9.90 Å². The van der Waals surface area contributed by atoms with Gasteiger partial charge >= 0.3 is 5.97 Å². The van der Waals surface area contributed by atoms with E-state index in [1.165, 1.54) is 0 Å². The normalized spacial score (nSPS) is 13.8. The maximum absolute atomic E-state index is 11.8. The minimum Gasteiger partial charge on any atom is -0.481 e. The maximum atomic E-state index is 11.8. The van der Waals surface area contributed by atoms with Crippen LogP contribution in [0.4, 0.5) is 0 Å². The number of aromatic nitrogens is 1. The molecule has 0 aliphatic carbocycles. The molecule has 1 atom stereocenters. The van der Waals surface area contributed by atoms with Crippen molar-refractivity contribution < 1.29 is 9.90 Å². The third kappa shape index (κ3) is 2.94. The Bertz CT molecular complexity index is 631. The molecule has 1 aromatic carbocycles. The zero-order valence-corrected chi connectivity index (χ0v) is 12.3. The second kappa shape index (κ2) is 5.81. The van der Waals surface area contributed by atoms with Crippen molar-refractivity contribution in [1.82, 2.24) is 4.98 Å². The van der Waals surface area contributed by atoms with E-state index in [4.69, 9.17) is 23.2 Å². The molecular formula is C15H13Cl2NO2. The number of nitrogens with zero attached hydrogens (tertiary/aromatic N) is 1. The van der Waals surface area contributed by atoms with Crippen LogP contribution in [0, 0.1) is 0 Å². The minimum atomic E-state index is -1.13. The van der Waals surface area contributed by atoms with E-state index in [0.29, 0.717) is 22.0 Å². The SMILES string of the molecule is CC(Cc1cccnc1)(C(=O)O)c1ccc(Cl)cc1Cl. The second-order valence-electron chi connectivity index (χ2n) is 4.80. The van der Waals surface area contributed by atoms with E-state index in [1.54, 1.807) is 43.6 Å². The Balaban J connectivity index is 2.47. The van der Waals surface area contributed by atoms with Crippen LogP contribution in [0.25, 0.3) is 0 Å². The first-order valence-corrected chi connectivity index (χ1v) is 6.77. The summed E-state index contributed by atoms with van der Waals surface area (Å²) in [5, 5.41) is 10.5. The van der Waals surface area contributed by atoms with Crippen LogP contribution in [0.15, 0.2) is 42.7 Å². The third-order valence-electron chi connectivity index (χ3n) is 3.28. The van der Waals surface area contributed by atoms with Gasteiger partial charge in [0.2, 0.25) is 0 Å². The van der Waals surface area contributed by atoms with Gasteiger partial charge in [0.15, 0.2) is 0 Å². The molecule has 0 aliphatic heterocycles. The Hall–Kier alpha value is -1.58. The first-order valence-electron chi connectivity index (χ1n) is 6.01. The Morgan fingerprint density at radius 2 is 2.10 bits per heavy atom. The maximum Gasteiger partial charge on any atom is 0.314 e. The quantitative estimate of drug-likeness (QED) is 0.929. The molecule has 2 rings (SSSR count). The number of rotatable bonds is 4. The van der Waals surface area contributed by atoms with Crippen molar-refractivity contribution in [3.63, 3.8) is 0 Å². The van der Waals surface area contributed by atoms with Crippen molar-refractivity contribution in [2.24, 2.45) is 0 Å². The highest BCUT2D eigenvalue weighted by molar-refractivity contribution is 6.35. The Morgan fingerprint density at radius 3 is 2.65 bits per heavy atom. The van der Waals surface area contributed by atoms with E-state index >= 15 is 0 Å². The number of aliphatic carboxylic acids is 1. The predicted molar refractivity (Wildman–Crippen MR) is 79.4 cm³/mol. The summed E-state index contributed by atoms with van der Waals surface area (Å²) in [6, 6.07) is 8.49. The number of carbonyl (C=O) groups is 1. The molecule has 1 aromatic heterocycles. The molecule has 1 heterocycles. The molecule has 0 radical (unpaired) electrons. The first-order chi connectivity index (χ1) is 9.43. The van der Waals surface area contributed by atoms with Gasteiger partial charge in [-0.1, -0.05) is 35.3 Å². The van der Waals surface area contributed by atoms with E-state index in [-0.39, 0.29) is 0 Å². The van der Waals surface area contributed by atoms with Crippen LogP contribution < -0.4 is 0 Å². The Kier molecular flexibility index (Phi) is 4.31. The van der Waals surface area contributed by atoms with Gasteiger partial charge < -0.3 is 5.11 Å². The number of hydrogen-bond acceptors (Lipinski definition) is 2. The summed E-state index contributed by atoms with van der Waals surface area (Å²) in [6.07, 6.45) is 3.61. The topological polar surface area (TPSA) is 50.2 Å². The number of pyridine rings is 1. The van der Waals surface area contributed by atoms with E-state index in [1.807, 2.05) is 6.07 Å². The standard InChI is InChI=1S/C15H13Cl2NO2/c1-15(14(19)20,8-10-3-2-6-18-9-10)12-5-4-11(16)7-13(12)17/h2-7,9H,8H2,1H3,(H,19,20). The lowest BCUT2D eigenvalue weighted by Gasteiger charge is -2.26. The van der Waals surface area contributed by atoms with Gasteiger partial charge in [-0.3, -0.25) is 9.78 Å². The third-order valence-corrected chi connectivity index (χ3v) is 3.83. The number of carboxylic acid groups (broad SMARTS) is 1. The van der Waals surface area contributed by atoms with E-state index in [0.717, 1.165) is 5.56 Å². The van der Waals surface area contributed by atoms with Crippen LogP contribution >= 0.6 is 23.2 Å². The van der Waals surface area contributed by atoms with Crippen molar-refractivity contribution in [1.29, 1.82) is 0 Å². The fourth-order valence-corrected chi connectivity index (χ4v) is 2.75. The van der Waals surface area contributed by atoms with Crippen LogP contribution in [0.3, 0.4) is 0 Å². The van der Waals surface area contributed by atoms with Gasteiger partial charge in [-0.15, -0.1) is 0 Å². The summed E-state index contributed by atoms with van der Waals surface area (Å²) in [5.41, 5.74) is 0.244. The lowest BCUT2D eigenvalue weighted by molar-refractivity contribution is -0.143. The lowest BCUT2D eigenvalue weighted by atomic mass is 9.77. The molecule has 20 heavy (non-hydrogen) atoms. The molecule has 0 saturated carbocycles. The van der Waals surface area contributed by atoms with Gasteiger partial charge in [-0.25, -0.2) is 0 Å². The fraction of sp³-hybridized carbons (Fsp3) is 0.200. The van der Waals surface area contributed by atoms with E-state index < -0.39 is 11.4 Å². The summed E-state index contributed by atoms with van der Waals surface area (Å²) < 4.78 is 0. The van der Waals surface area contributed by atoms with Gasteiger partial charge in [-0.2, -0.15) is 0 Å². The van der Waals surface area contributed by atoms with Gasteiger partial charge in [0.25, 0.3) is 0 Å². The molecule has 0 aliphatic rings. The summed E-state index contributed by atoms with van der Waals surface area (Å²) in [4.78, 5) is 15.8. The molecule has 0 spiro atoms. The molecule has 3 nitrogen and oxygen atoms in total. The molecule has 2 aromatic rings. The van der Waals surface area contributed by atoms with Gasteiger partial charge in [0, 0.05) is 22.4 Å². The number of benzene rings is 1. The van der Waals surface area contributed by atoms with Crippen molar-refractivity contribution in [2.75, 3.05) is 0 Å². The first kappa shape index (κ1) is 14.8. The zero-order chi connectivity index (χ0) is 14.8. The van der Waals surface area contributed by atoms with Crippen LogP contribution in [0.5, 0.6) is 0 Å². The summed E-state index contributed by atoms with van der Waals surface area (Å²) >= 11 is 12.0. The van der Waals surface area contributed by atoms with Crippen molar-refractivity contribution >= 4 is 29.2 Å². The molecule has 1 N–H and O–H groups in total. The largest absolute Gasteiger partial charge is 0.481 e. The van der Waals surface area contributed by atoms with Gasteiger partial charge in [-0.05, 0) is 42.7 Å². The van der Waals surface area contributed by atoms with Crippen LogP contribution in [0.2, 0.25) is 10.0 Å². The van der Waals surface area contributed by atoms with Crippen molar-refractivity contribution in [3.05, 3.63) is 63.9 Å². The summed E-state index contributed by atoms with van der Waals surface area (Å²) in [6.45, 7) is 1.65. The lowest BCUT2D eigenvalue weighted by Crippen LogP contribution is -2.35. The van der Waals surface area contributed by atoms with E-state index in [2.05, 4.69) is 4.98 Å². The number of halogens is 2. The van der Waals surface area contributed by atoms with Gasteiger partial charge in [0.1, 0.15) is 0 Å². The highest BCUT2D eigenvalue weighted by Crippen LogP contribution is 2.35. The summed E-state index contributed by atoms with van der Waals surface area (Å²) in [7, 11) is 0. The molecule has 0 amide bonds. The van der Waals surface area contributed by atoms with Crippen LogP contribution in [-0.4, -0.2) is 16.1 Å². The summed E-state index contributed by atoms with van der Waals surface area (Å²) in [5.74, 6) is -0.939. The molecular weight excluding hydrogens is 297 g/mol. The average molecular weight is 310 g/mol. The van der Waals surface area contributed by atoms with Crippen LogP contribution in [-0.2, 0) is 16.6 Å². The van der Waals surface area contributed by atoms with Crippen molar-refractivity contribution in [2.45, 2.75) is 18.8 Å². The zero-order valence-electron chi connectivity index (χ0n) is 10.8. The molecule has 0 bridgehead atoms. The monoisotopic (exact) mass is 309 g/mol. The second-order valence-corrected chi connectivity index (χ2v) is 5.64. The predicted octanol–water partition coefficient (Wildman–Crippen LogP) is 3.97. The van der Waals surface area contributed by atoms with Crippen molar-refractivity contribution in [3.8, 4) is 0 Å². The van der Waals surface area contributed by atoms with Crippen LogP contribution in [0.1, 0.15) is 18.1 Å². The van der Waals surface area contributed by atoms with Gasteiger partial charge in [0.05, 0.1) is 5.41 Å². The highest BCUT2D eigenvalue weighted by Gasteiger charge is 2.37. The smallest absolute Gasteiger partial charge is 0.314 e. The molecule has 0 fully saturated rings. The molecule has 0 saturated heterocycles. The highest BCUT2D eigenvalue weighted by atomic mass is 35.5. The molecule has 5 heteroatoms. The fourth-order valence-electron chi connectivity index (χ4n) is 2.13. The Labute approximate surface area is 127 Å². The number of hydrogen-bond donors (Lipinski definition) is 1. The molecule has 104 valence electrons. The molecule has 1 unspecified atom stereocenters. The average Bonchev–Trinajstić information content (AvgIpc) is 2.39.